The molecule has 1 heterocycles. The Morgan fingerprint density at radius 3 is 2.50 bits per heavy atom. The summed E-state index contributed by atoms with van der Waals surface area (Å²) in [5.74, 6) is 0.124. The fourth-order valence-electron chi connectivity index (χ4n) is 1.88. The number of likely N-dealkylation sites (tertiary alicyclic amines) is 1. The van der Waals surface area contributed by atoms with Crippen molar-refractivity contribution in [3.05, 3.63) is 0 Å². The van der Waals surface area contributed by atoms with Gasteiger partial charge in [-0.05, 0) is 18.8 Å². The first-order valence-electron chi connectivity index (χ1n) is 4.91. The molecule has 1 fully saturated rings. The Bertz CT molecular complexity index is 240. The van der Waals surface area contributed by atoms with Crippen molar-refractivity contribution in [1.29, 1.82) is 0 Å². The van der Waals surface area contributed by atoms with Crippen molar-refractivity contribution in [2.24, 2.45) is 5.92 Å². The topological polar surface area (TPSA) is 46.6 Å². The predicted octanol–water partition coefficient (Wildman–Crippen LogP) is 0.806. The molecule has 0 unspecified atom stereocenters. The molecule has 1 saturated heterocycles. The molecular formula is C10H17NO3. The molecule has 80 valence electrons. The van der Waals surface area contributed by atoms with E-state index in [0.717, 1.165) is 6.42 Å². The van der Waals surface area contributed by atoms with Crippen molar-refractivity contribution >= 4 is 11.9 Å². The van der Waals surface area contributed by atoms with E-state index in [-0.39, 0.29) is 17.9 Å². The SMILES string of the molecule is COC(=O)[C@@H]1CC[C@H](C)CN1C(C)=O. The monoisotopic (exact) mass is 199 g/mol. The summed E-state index contributed by atoms with van der Waals surface area (Å²) in [5, 5.41) is 0. The number of hydrogen-bond donors (Lipinski definition) is 0. The van der Waals surface area contributed by atoms with Crippen LogP contribution in [0.25, 0.3) is 0 Å². The molecule has 0 aliphatic carbocycles. The molecule has 14 heavy (non-hydrogen) atoms. The number of nitrogens with zero attached hydrogens (tertiary/aromatic N) is 1. The van der Waals surface area contributed by atoms with Crippen LogP contribution >= 0.6 is 0 Å². The lowest BCUT2D eigenvalue weighted by atomic mass is 9.94. The van der Waals surface area contributed by atoms with Crippen LogP contribution < -0.4 is 0 Å². The predicted molar refractivity (Wildman–Crippen MR) is 51.6 cm³/mol. The highest BCUT2D eigenvalue weighted by molar-refractivity contribution is 5.83. The Morgan fingerprint density at radius 1 is 1.36 bits per heavy atom. The van der Waals surface area contributed by atoms with Crippen LogP contribution in [0.4, 0.5) is 0 Å². The number of carbonyl (C=O) groups is 2. The molecule has 4 nitrogen and oxygen atoms in total. The lowest BCUT2D eigenvalue weighted by Crippen LogP contribution is -2.49. The first kappa shape index (κ1) is 11.0. The Labute approximate surface area is 84.2 Å². The second-order valence-electron chi connectivity index (χ2n) is 3.89. The van der Waals surface area contributed by atoms with Gasteiger partial charge in [0.25, 0.3) is 0 Å². The first-order chi connectivity index (χ1) is 6.56. The van der Waals surface area contributed by atoms with Gasteiger partial charge in [0.05, 0.1) is 7.11 Å². The molecule has 1 aliphatic rings. The summed E-state index contributed by atoms with van der Waals surface area (Å²) in [4.78, 5) is 24.3. The third-order valence-electron chi connectivity index (χ3n) is 2.70. The van der Waals surface area contributed by atoms with Gasteiger partial charge in [0, 0.05) is 13.5 Å². The Morgan fingerprint density at radius 2 is 2.00 bits per heavy atom. The summed E-state index contributed by atoms with van der Waals surface area (Å²) in [5.41, 5.74) is 0. The van der Waals surface area contributed by atoms with Gasteiger partial charge in [-0.15, -0.1) is 0 Å². The Hall–Kier alpha value is -1.06. The van der Waals surface area contributed by atoms with Crippen LogP contribution in [-0.4, -0.2) is 36.5 Å². The molecule has 4 heteroatoms. The van der Waals surface area contributed by atoms with Crippen LogP contribution in [0, 0.1) is 5.92 Å². The average Bonchev–Trinajstić information content (AvgIpc) is 2.16. The van der Waals surface area contributed by atoms with Gasteiger partial charge >= 0.3 is 5.97 Å². The number of methoxy groups -OCH3 is 1. The fraction of sp³-hybridized carbons (Fsp3) is 0.800. The summed E-state index contributed by atoms with van der Waals surface area (Å²) in [6, 6.07) is -0.367. The Balaban J connectivity index is 2.72. The molecular weight excluding hydrogens is 182 g/mol. The van der Waals surface area contributed by atoms with Gasteiger partial charge in [-0.25, -0.2) is 4.79 Å². The zero-order valence-corrected chi connectivity index (χ0v) is 8.95. The molecule has 0 aromatic carbocycles. The molecule has 0 spiro atoms. The lowest BCUT2D eigenvalue weighted by molar-refractivity contribution is -0.154. The van der Waals surface area contributed by atoms with Crippen LogP contribution in [0.3, 0.4) is 0 Å². The summed E-state index contributed by atoms with van der Waals surface area (Å²) >= 11 is 0. The Kier molecular flexibility index (Phi) is 3.49. The highest BCUT2D eigenvalue weighted by atomic mass is 16.5. The van der Waals surface area contributed by atoms with Crippen molar-refractivity contribution in [1.82, 2.24) is 4.90 Å². The van der Waals surface area contributed by atoms with Gasteiger partial charge in [0.1, 0.15) is 6.04 Å². The molecule has 1 rings (SSSR count). The highest BCUT2D eigenvalue weighted by Gasteiger charge is 2.33. The van der Waals surface area contributed by atoms with E-state index in [9.17, 15) is 9.59 Å². The minimum absolute atomic E-state index is 0.0491. The summed E-state index contributed by atoms with van der Waals surface area (Å²) in [6.45, 7) is 4.24. The summed E-state index contributed by atoms with van der Waals surface area (Å²) < 4.78 is 4.67. The van der Waals surface area contributed by atoms with E-state index >= 15 is 0 Å². The van der Waals surface area contributed by atoms with Crippen molar-refractivity contribution in [3.8, 4) is 0 Å². The maximum Gasteiger partial charge on any atom is 0.328 e. The molecule has 0 radical (unpaired) electrons. The number of rotatable bonds is 1. The highest BCUT2D eigenvalue weighted by Crippen LogP contribution is 2.22. The van der Waals surface area contributed by atoms with Crippen LogP contribution in [-0.2, 0) is 14.3 Å². The smallest absolute Gasteiger partial charge is 0.328 e. The van der Waals surface area contributed by atoms with E-state index in [4.69, 9.17) is 0 Å². The van der Waals surface area contributed by atoms with E-state index in [0.29, 0.717) is 18.9 Å². The number of piperidine rings is 1. The van der Waals surface area contributed by atoms with Crippen LogP contribution in [0.5, 0.6) is 0 Å². The lowest BCUT2D eigenvalue weighted by Gasteiger charge is -2.36. The molecule has 0 N–H and O–H groups in total. The molecule has 2 atom stereocenters. The van der Waals surface area contributed by atoms with Crippen LogP contribution in [0.2, 0.25) is 0 Å². The average molecular weight is 199 g/mol. The number of esters is 1. The van der Waals surface area contributed by atoms with E-state index < -0.39 is 0 Å². The third-order valence-corrected chi connectivity index (χ3v) is 2.70. The molecule has 0 aromatic rings. The standard InChI is InChI=1S/C10H17NO3/c1-7-4-5-9(10(13)14-3)11(6-7)8(2)12/h7,9H,4-6H2,1-3H3/t7-,9-/m0/s1. The maximum atomic E-state index is 11.4. The van der Waals surface area contributed by atoms with Gasteiger partial charge in [-0.1, -0.05) is 6.92 Å². The zero-order chi connectivity index (χ0) is 10.7. The van der Waals surface area contributed by atoms with Gasteiger partial charge < -0.3 is 9.64 Å². The third kappa shape index (κ3) is 2.25. The van der Waals surface area contributed by atoms with E-state index in [2.05, 4.69) is 11.7 Å². The van der Waals surface area contributed by atoms with Crippen molar-refractivity contribution in [3.63, 3.8) is 0 Å². The second kappa shape index (κ2) is 4.44. The molecule has 1 aliphatic heterocycles. The summed E-state index contributed by atoms with van der Waals surface area (Å²) in [6.07, 6.45) is 1.69. The van der Waals surface area contributed by atoms with E-state index in [1.165, 1.54) is 14.0 Å². The molecule has 0 saturated carbocycles. The van der Waals surface area contributed by atoms with Gasteiger partial charge in [0.2, 0.25) is 5.91 Å². The first-order valence-corrected chi connectivity index (χ1v) is 4.91. The van der Waals surface area contributed by atoms with Crippen molar-refractivity contribution in [2.45, 2.75) is 32.7 Å². The van der Waals surface area contributed by atoms with Crippen LogP contribution in [0.1, 0.15) is 26.7 Å². The normalized spacial score (nSPS) is 27.2. The minimum atomic E-state index is -0.367. The summed E-state index contributed by atoms with van der Waals surface area (Å²) in [7, 11) is 1.36. The largest absolute Gasteiger partial charge is 0.467 e. The quantitative estimate of drug-likeness (QED) is 0.587. The number of ether oxygens (including phenoxy) is 1. The van der Waals surface area contributed by atoms with Crippen molar-refractivity contribution in [2.75, 3.05) is 13.7 Å². The molecule has 0 bridgehead atoms. The second-order valence-corrected chi connectivity index (χ2v) is 3.89. The van der Waals surface area contributed by atoms with Gasteiger partial charge in [-0.3, -0.25) is 4.79 Å². The number of amides is 1. The molecule has 1 amide bonds. The van der Waals surface area contributed by atoms with E-state index in [1.54, 1.807) is 4.90 Å². The number of hydrogen-bond acceptors (Lipinski definition) is 3. The number of carbonyl (C=O) groups excluding carboxylic acids is 2. The molecule has 0 aromatic heterocycles. The van der Waals surface area contributed by atoms with Crippen molar-refractivity contribution < 1.29 is 14.3 Å². The minimum Gasteiger partial charge on any atom is -0.467 e. The van der Waals surface area contributed by atoms with Gasteiger partial charge in [-0.2, -0.15) is 0 Å². The maximum absolute atomic E-state index is 11.4. The van der Waals surface area contributed by atoms with E-state index in [1.807, 2.05) is 0 Å². The van der Waals surface area contributed by atoms with Crippen LogP contribution in [0.15, 0.2) is 0 Å². The fourth-order valence-corrected chi connectivity index (χ4v) is 1.88. The van der Waals surface area contributed by atoms with Gasteiger partial charge in [0.15, 0.2) is 0 Å². The zero-order valence-electron chi connectivity index (χ0n) is 8.95.